The molecule has 5 amide bonds. The number of thiol groups is 1. The first-order valence-electron chi connectivity index (χ1n) is 9.87. The van der Waals surface area contributed by atoms with Crippen LogP contribution >= 0.6 is 12.6 Å². The van der Waals surface area contributed by atoms with Crippen LogP contribution in [0.1, 0.15) is 39.5 Å². The third-order valence-electron chi connectivity index (χ3n) is 4.39. The molecule has 0 aromatic heterocycles. The highest BCUT2D eigenvalue weighted by Gasteiger charge is 2.31. The zero-order valence-electron chi connectivity index (χ0n) is 18.0. The summed E-state index contributed by atoms with van der Waals surface area (Å²) in [7, 11) is 0. The van der Waals surface area contributed by atoms with E-state index in [9.17, 15) is 28.8 Å². The van der Waals surface area contributed by atoms with E-state index in [1.165, 1.54) is 0 Å². The quantitative estimate of drug-likeness (QED) is 0.113. The highest BCUT2D eigenvalue weighted by molar-refractivity contribution is 7.80. The van der Waals surface area contributed by atoms with Gasteiger partial charge in [0.25, 0.3) is 0 Å². The summed E-state index contributed by atoms with van der Waals surface area (Å²) in [6, 6.07) is -4.80. The van der Waals surface area contributed by atoms with Gasteiger partial charge in [-0.2, -0.15) is 12.6 Å². The van der Waals surface area contributed by atoms with Gasteiger partial charge in [-0.25, -0.2) is 4.79 Å². The van der Waals surface area contributed by atoms with Gasteiger partial charge in [-0.05, 0) is 18.8 Å². The minimum absolute atomic E-state index is 0.0163. The minimum Gasteiger partial charge on any atom is -0.480 e. The van der Waals surface area contributed by atoms with E-state index in [1.54, 1.807) is 13.8 Å². The van der Waals surface area contributed by atoms with Crippen molar-refractivity contribution in [2.24, 2.45) is 23.1 Å². The van der Waals surface area contributed by atoms with E-state index in [0.717, 1.165) is 0 Å². The largest absolute Gasteiger partial charge is 0.480 e. The van der Waals surface area contributed by atoms with Crippen molar-refractivity contribution < 1.29 is 33.9 Å². The first kappa shape index (κ1) is 29.1. The predicted molar refractivity (Wildman–Crippen MR) is 117 cm³/mol. The van der Waals surface area contributed by atoms with Crippen molar-refractivity contribution in [2.45, 2.75) is 63.7 Å². The summed E-state index contributed by atoms with van der Waals surface area (Å²) in [6.07, 6.45) is -0.577. The molecule has 0 fully saturated rings. The molecule has 10 N–H and O–H groups in total. The zero-order valence-corrected chi connectivity index (χ0v) is 18.9. The first-order chi connectivity index (χ1) is 14.8. The van der Waals surface area contributed by atoms with Gasteiger partial charge >= 0.3 is 5.97 Å². The Bertz CT molecular complexity index is 718. The van der Waals surface area contributed by atoms with E-state index in [-0.39, 0.29) is 31.4 Å². The lowest BCUT2D eigenvalue weighted by molar-refractivity contribution is -0.141. The molecule has 0 aliphatic heterocycles. The number of amides is 5. The second kappa shape index (κ2) is 14.2. The SMILES string of the molecule is CC(C)C(NC(=O)C(N)CCC(N)=O)C(=O)NC(CCC(N)=O)C(=O)NC(CS)C(=O)O. The van der Waals surface area contributed by atoms with Crippen molar-refractivity contribution in [3.05, 3.63) is 0 Å². The number of carboxylic acid groups (broad SMARTS) is 1. The van der Waals surface area contributed by atoms with Crippen LogP contribution in [0.15, 0.2) is 0 Å². The fraction of sp³-hybridized carbons (Fsp3) is 0.667. The lowest BCUT2D eigenvalue weighted by Crippen LogP contribution is -2.58. The Morgan fingerprint density at radius 3 is 1.75 bits per heavy atom. The van der Waals surface area contributed by atoms with Crippen LogP contribution in [0, 0.1) is 5.92 Å². The number of hydrogen-bond donors (Lipinski definition) is 8. The predicted octanol–water partition coefficient (Wildman–Crippen LogP) is -3.03. The van der Waals surface area contributed by atoms with Crippen molar-refractivity contribution in [1.29, 1.82) is 0 Å². The zero-order chi connectivity index (χ0) is 25.0. The van der Waals surface area contributed by atoms with E-state index >= 15 is 0 Å². The van der Waals surface area contributed by atoms with Crippen molar-refractivity contribution in [1.82, 2.24) is 16.0 Å². The summed E-state index contributed by atoms with van der Waals surface area (Å²) >= 11 is 3.85. The minimum atomic E-state index is -1.33. The molecule has 13 nitrogen and oxygen atoms in total. The number of rotatable bonds is 15. The van der Waals surface area contributed by atoms with Crippen molar-refractivity contribution >= 4 is 48.1 Å². The van der Waals surface area contributed by atoms with Crippen LogP contribution in [0.4, 0.5) is 0 Å². The maximum absolute atomic E-state index is 12.8. The Balaban J connectivity index is 5.37. The Labute approximate surface area is 191 Å². The van der Waals surface area contributed by atoms with Gasteiger partial charge in [0.15, 0.2) is 0 Å². The molecule has 0 aliphatic carbocycles. The summed E-state index contributed by atoms with van der Waals surface area (Å²) < 4.78 is 0. The van der Waals surface area contributed by atoms with Crippen LogP contribution in [-0.2, 0) is 28.8 Å². The average molecular weight is 477 g/mol. The molecular weight excluding hydrogens is 444 g/mol. The number of carbonyl (C=O) groups excluding carboxylic acids is 5. The van der Waals surface area contributed by atoms with Crippen LogP contribution in [0.5, 0.6) is 0 Å². The number of nitrogens with two attached hydrogens (primary N) is 3. The van der Waals surface area contributed by atoms with E-state index in [4.69, 9.17) is 22.3 Å². The summed E-state index contributed by atoms with van der Waals surface area (Å²) in [4.78, 5) is 70.7. The number of nitrogens with one attached hydrogen (secondary N) is 3. The highest BCUT2D eigenvalue weighted by atomic mass is 32.1. The maximum atomic E-state index is 12.8. The highest BCUT2D eigenvalue weighted by Crippen LogP contribution is 2.07. The lowest BCUT2D eigenvalue weighted by Gasteiger charge is -2.26. The van der Waals surface area contributed by atoms with Crippen LogP contribution < -0.4 is 33.2 Å². The molecule has 32 heavy (non-hydrogen) atoms. The first-order valence-corrected chi connectivity index (χ1v) is 10.5. The standard InChI is InChI=1S/C18H32N6O7S/c1-8(2)14(24-15(27)9(19)3-5-12(20)25)17(29)22-10(4-6-13(21)26)16(28)23-11(7-32)18(30)31/h8-11,14,32H,3-7,19H2,1-2H3,(H2,20,25)(H2,21,26)(H,22,29)(H,23,28)(H,24,27)(H,30,31). The number of carboxylic acids is 1. The average Bonchev–Trinajstić information content (AvgIpc) is 2.69. The number of aliphatic carboxylic acids is 1. The third kappa shape index (κ3) is 10.9. The van der Waals surface area contributed by atoms with Gasteiger partial charge in [0.05, 0.1) is 6.04 Å². The maximum Gasteiger partial charge on any atom is 0.327 e. The summed E-state index contributed by atoms with van der Waals surface area (Å²) in [5, 5.41) is 16.2. The number of carbonyl (C=O) groups is 6. The van der Waals surface area contributed by atoms with Crippen molar-refractivity contribution in [3.8, 4) is 0 Å². The Hall–Kier alpha value is -2.87. The van der Waals surface area contributed by atoms with E-state index in [1.807, 2.05) is 0 Å². The summed E-state index contributed by atoms with van der Waals surface area (Å²) in [5.41, 5.74) is 15.9. The molecule has 0 saturated heterocycles. The van der Waals surface area contributed by atoms with E-state index < -0.39 is 65.6 Å². The normalized spacial score (nSPS) is 14.5. The van der Waals surface area contributed by atoms with Gasteiger partial charge < -0.3 is 38.3 Å². The molecule has 182 valence electrons. The molecule has 0 saturated carbocycles. The smallest absolute Gasteiger partial charge is 0.327 e. The lowest BCUT2D eigenvalue weighted by atomic mass is 10.0. The van der Waals surface area contributed by atoms with Gasteiger partial charge in [-0.1, -0.05) is 13.8 Å². The number of primary amides is 2. The second-order valence-electron chi connectivity index (χ2n) is 7.49. The Morgan fingerprint density at radius 1 is 0.812 bits per heavy atom. The van der Waals surface area contributed by atoms with Crippen molar-refractivity contribution in [2.75, 3.05) is 5.75 Å². The van der Waals surface area contributed by atoms with Crippen LogP contribution in [-0.4, -0.2) is 70.5 Å². The van der Waals surface area contributed by atoms with Gasteiger partial charge in [0.1, 0.15) is 18.1 Å². The van der Waals surface area contributed by atoms with Crippen molar-refractivity contribution in [3.63, 3.8) is 0 Å². The summed E-state index contributed by atoms with van der Waals surface area (Å²) in [6.45, 7) is 3.28. The van der Waals surface area contributed by atoms with Crippen LogP contribution in [0.2, 0.25) is 0 Å². The van der Waals surface area contributed by atoms with Crippen LogP contribution in [0.3, 0.4) is 0 Å². The van der Waals surface area contributed by atoms with E-state index in [0.29, 0.717) is 0 Å². The molecule has 4 atom stereocenters. The Kier molecular flexibility index (Phi) is 13.0. The fourth-order valence-electron chi connectivity index (χ4n) is 2.50. The molecular formula is C18H32N6O7S. The summed E-state index contributed by atoms with van der Waals surface area (Å²) in [5.74, 6) is -5.61. The van der Waals surface area contributed by atoms with Crippen LogP contribution in [0.25, 0.3) is 0 Å². The van der Waals surface area contributed by atoms with Gasteiger partial charge in [-0.3, -0.25) is 24.0 Å². The molecule has 0 aromatic rings. The number of hydrogen-bond acceptors (Lipinski definition) is 8. The van der Waals surface area contributed by atoms with E-state index in [2.05, 4.69) is 28.6 Å². The third-order valence-corrected chi connectivity index (χ3v) is 4.76. The second-order valence-corrected chi connectivity index (χ2v) is 7.86. The topological polar surface area (TPSA) is 237 Å². The molecule has 0 spiro atoms. The van der Waals surface area contributed by atoms with Gasteiger partial charge in [0, 0.05) is 18.6 Å². The Morgan fingerprint density at radius 2 is 1.31 bits per heavy atom. The molecule has 14 heteroatoms. The molecule has 0 rings (SSSR count). The molecule has 0 aromatic carbocycles. The molecule has 0 aliphatic rings. The van der Waals surface area contributed by atoms with Gasteiger partial charge in [-0.15, -0.1) is 0 Å². The molecule has 0 heterocycles. The fourth-order valence-corrected chi connectivity index (χ4v) is 2.75. The molecule has 0 bridgehead atoms. The molecule has 4 unspecified atom stereocenters. The molecule has 0 radical (unpaired) electrons. The monoisotopic (exact) mass is 476 g/mol. The van der Waals surface area contributed by atoms with Gasteiger partial charge in [0.2, 0.25) is 29.5 Å².